The molecule has 0 radical (unpaired) electrons. The predicted molar refractivity (Wildman–Crippen MR) is 67.3 cm³/mol. The van der Waals surface area contributed by atoms with Crippen LogP contribution in [0.2, 0.25) is 0 Å². The highest BCUT2D eigenvalue weighted by Crippen LogP contribution is 2.23. The van der Waals surface area contributed by atoms with Gasteiger partial charge in [0.1, 0.15) is 4.60 Å². The van der Waals surface area contributed by atoms with Gasteiger partial charge in [0.05, 0.1) is 23.1 Å². The normalized spacial score (nSPS) is 22.3. The van der Waals surface area contributed by atoms with Crippen LogP contribution in [0.5, 0.6) is 0 Å². The molecule has 92 valence electrons. The smallest absolute Gasteiger partial charge is 0.228 e. The lowest BCUT2D eigenvalue weighted by atomic mass is 10.1. The van der Waals surface area contributed by atoms with Crippen LogP contribution in [-0.2, 0) is 14.6 Å². The molecule has 0 saturated carbocycles. The zero-order valence-electron chi connectivity index (χ0n) is 8.89. The third-order valence-corrected chi connectivity index (χ3v) is 5.02. The number of anilines is 1. The van der Waals surface area contributed by atoms with Crippen LogP contribution in [-0.4, -0.2) is 30.8 Å². The fraction of sp³-hybridized carbons (Fsp3) is 0.400. The second kappa shape index (κ2) is 4.73. The molecule has 1 aromatic rings. The maximum Gasteiger partial charge on any atom is 0.228 e. The lowest BCUT2D eigenvalue weighted by Gasteiger charge is -2.09. The standard InChI is InChI=1S/C10H11BrN2O3S/c11-9-8(2-1-4-12-9)13-10(14)7-3-5-17(15,16)6-7/h1-2,4,7H,3,5-6H2,(H,13,14). The molecular formula is C10H11BrN2O3S. The maximum absolute atomic E-state index is 11.8. The maximum atomic E-state index is 11.8. The summed E-state index contributed by atoms with van der Waals surface area (Å²) in [5.41, 5.74) is 0.557. The highest BCUT2D eigenvalue weighted by molar-refractivity contribution is 9.10. The second-order valence-electron chi connectivity index (χ2n) is 3.93. The number of hydrogen-bond acceptors (Lipinski definition) is 4. The van der Waals surface area contributed by atoms with Crippen molar-refractivity contribution in [1.82, 2.24) is 4.98 Å². The van der Waals surface area contributed by atoms with E-state index in [0.29, 0.717) is 16.7 Å². The first-order valence-electron chi connectivity index (χ1n) is 5.10. The fourth-order valence-corrected chi connectivity index (χ4v) is 3.81. The Morgan fingerprint density at radius 3 is 2.88 bits per heavy atom. The molecule has 7 heteroatoms. The van der Waals surface area contributed by atoms with Crippen molar-refractivity contribution in [3.63, 3.8) is 0 Å². The Hall–Kier alpha value is -0.950. The predicted octanol–water partition coefficient (Wildman–Crippen LogP) is 1.22. The van der Waals surface area contributed by atoms with Crippen LogP contribution in [0.25, 0.3) is 0 Å². The minimum absolute atomic E-state index is 0.0588. The molecule has 1 unspecified atom stereocenters. The number of rotatable bonds is 2. The Balaban J connectivity index is 2.06. The van der Waals surface area contributed by atoms with Crippen LogP contribution in [0.3, 0.4) is 0 Å². The number of pyridine rings is 1. The molecule has 2 rings (SSSR count). The van der Waals surface area contributed by atoms with E-state index in [9.17, 15) is 13.2 Å². The van der Waals surface area contributed by atoms with Gasteiger partial charge in [-0.3, -0.25) is 4.79 Å². The molecule has 1 atom stereocenters. The SMILES string of the molecule is O=C(Nc1cccnc1Br)C1CCS(=O)(=O)C1. The molecule has 0 spiro atoms. The lowest BCUT2D eigenvalue weighted by Crippen LogP contribution is -2.23. The van der Waals surface area contributed by atoms with Gasteiger partial charge in [0.2, 0.25) is 5.91 Å². The largest absolute Gasteiger partial charge is 0.324 e. The molecule has 2 heterocycles. The van der Waals surface area contributed by atoms with Gasteiger partial charge >= 0.3 is 0 Å². The van der Waals surface area contributed by atoms with Gasteiger partial charge in [0, 0.05) is 6.20 Å². The molecule has 1 saturated heterocycles. The summed E-state index contributed by atoms with van der Waals surface area (Å²) in [4.78, 5) is 15.8. The van der Waals surface area contributed by atoms with Gasteiger partial charge in [0.15, 0.2) is 9.84 Å². The molecule has 0 aromatic carbocycles. The van der Waals surface area contributed by atoms with E-state index in [1.54, 1.807) is 18.3 Å². The summed E-state index contributed by atoms with van der Waals surface area (Å²) < 4.78 is 23.1. The molecule has 5 nitrogen and oxygen atoms in total. The van der Waals surface area contributed by atoms with E-state index in [1.165, 1.54) is 0 Å². The van der Waals surface area contributed by atoms with E-state index in [-0.39, 0.29) is 17.4 Å². The molecule has 1 aliphatic heterocycles. The van der Waals surface area contributed by atoms with Crippen molar-refractivity contribution >= 4 is 37.4 Å². The van der Waals surface area contributed by atoms with Gasteiger partial charge in [-0.05, 0) is 34.5 Å². The highest BCUT2D eigenvalue weighted by atomic mass is 79.9. The van der Waals surface area contributed by atoms with Crippen LogP contribution in [0.4, 0.5) is 5.69 Å². The van der Waals surface area contributed by atoms with Gasteiger partial charge in [0.25, 0.3) is 0 Å². The zero-order chi connectivity index (χ0) is 12.5. The van der Waals surface area contributed by atoms with Crippen LogP contribution >= 0.6 is 15.9 Å². The van der Waals surface area contributed by atoms with E-state index in [4.69, 9.17) is 0 Å². The molecule has 1 aliphatic rings. The second-order valence-corrected chi connectivity index (χ2v) is 6.91. The topological polar surface area (TPSA) is 76.1 Å². The van der Waals surface area contributed by atoms with Crippen molar-refractivity contribution in [2.75, 3.05) is 16.8 Å². The van der Waals surface area contributed by atoms with Gasteiger partial charge in [-0.15, -0.1) is 0 Å². The van der Waals surface area contributed by atoms with Crippen LogP contribution in [0.15, 0.2) is 22.9 Å². The average molecular weight is 319 g/mol. The Morgan fingerprint density at radius 1 is 1.53 bits per heavy atom. The number of amides is 1. The summed E-state index contributed by atoms with van der Waals surface area (Å²) in [6.07, 6.45) is 1.99. The first kappa shape index (κ1) is 12.5. The molecule has 17 heavy (non-hydrogen) atoms. The van der Waals surface area contributed by atoms with Crippen LogP contribution in [0, 0.1) is 5.92 Å². The summed E-state index contributed by atoms with van der Waals surface area (Å²) >= 11 is 3.21. The summed E-state index contributed by atoms with van der Waals surface area (Å²) in [6, 6.07) is 3.41. The van der Waals surface area contributed by atoms with Crippen molar-refractivity contribution < 1.29 is 13.2 Å². The number of hydrogen-bond donors (Lipinski definition) is 1. The Bertz CT molecular complexity index is 544. The Morgan fingerprint density at radius 2 is 2.29 bits per heavy atom. The molecule has 1 fully saturated rings. The average Bonchev–Trinajstić information content (AvgIpc) is 2.62. The Labute approximate surface area is 108 Å². The summed E-state index contributed by atoms with van der Waals surface area (Å²) in [6.45, 7) is 0. The zero-order valence-corrected chi connectivity index (χ0v) is 11.3. The third-order valence-electron chi connectivity index (χ3n) is 2.62. The summed E-state index contributed by atoms with van der Waals surface area (Å²) in [5.74, 6) is -0.678. The number of halogens is 1. The van der Waals surface area contributed by atoms with Crippen molar-refractivity contribution in [1.29, 1.82) is 0 Å². The van der Waals surface area contributed by atoms with Crippen molar-refractivity contribution in [3.05, 3.63) is 22.9 Å². The molecular weight excluding hydrogens is 308 g/mol. The molecule has 1 aromatic heterocycles. The first-order valence-corrected chi connectivity index (χ1v) is 7.71. The number of nitrogens with one attached hydrogen (secondary N) is 1. The molecule has 0 bridgehead atoms. The monoisotopic (exact) mass is 318 g/mol. The van der Waals surface area contributed by atoms with Gasteiger partial charge in [-0.1, -0.05) is 0 Å². The van der Waals surface area contributed by atoms with Crippen molar-refractivity contribution in [2.24, 2.45) is 5.92 Å². The molecule has 1 N–H and O–H groups in total. The number of carbonyl (C=O) groups excluding carboxylic acids is 1. The molecule has 0 aliphatic carbocycles. The minimum atomic E-state index is -3.03. The van der Waals surface area contributed by atoms with Crippen molar-refractivity contribution in [3.8, 4) is 0 Å². The summed E-state index contributed by atoms with van der Waals surface area (Å²) in [7, 11) is -3.03. The van der Waals surface area contributed by atoms with E-state index in [0.717, 1.165) is 0 Å². The van der Waals surface area contributed by atoms with E-state index in [1.807, 2.05) is 0 Å². The van der Waals surface area contributed by atoms with Gasteiger partial charge in [-0.25, -0.2) is 13.4 Å². The van der Waals surface area contributed by atoms with E-state index >= 15 is 0 Å². The van der Waals surface area contributed by atoms with Gasteiger partial charge < -0.3 is 5.32 Å². The van der Waals surface area contributed by atoms with E-state index in [2.05, 4.69) is 26.2 Å². The Kier molecular flexibility index (Phi) is 3.48. The molecule has 1 amide bonds. The first-order chi connectivity index (χ1) is 7.98. The number of sulfone groups is 1. The number of carbonyl (C=O) groups is 1. The van der Waals surface area contributed by atoms with Crippen molar-refractivity contribution in [2.45, 2.75) is 6.42 Å². The quantitative estimate of drug-likeness (QED) is 0.832. The van der Waals surface area contributed by atoms with Crippen LogP contribution in [0.1, 0.15) is 6.42 Å². The fourth-order valence-electron chi connectivity index (χ4n) is 1.72. The third kappa shape index (κ3) is 3.04. The highest BCUT2D eigenvalue weighted by Gasteiger charge is 2.33. The van der Waals surface area contributed by atoms with E-state index < -0.39 is 15.8 Å². The number of nitrogens with zero attached hydrogens (tertiary/aromatic N) is 1. The lowest BCUT2D eigenvalue weighted by molar-refractivity contribution is -0.119. The van der Waals surface area contributed by atoms with Gasteiger partial charge in [-0.2, -0.15) is 0 Å². The van der Waals surface area contributed by atoms with Crippen LogP contribution < -0.4 is 5.32 Å². The summed E-state index contributed by atoms with van der Waals surface area (Å²) in [5, 5.41) is 2.68. The number of aromatic nitrogens is 1. The minimum Gasteiger partial charge on any atom is -0.324 e.